The predicted octanol–water partition coefficient (Wildman–Crippen LogP) is 4.09. The standard InChI is InChI=1S/C22H22N2O/c1-22(18-10-4-2-5-11-18,19-12-6-3-7-13-19)24-21(25)16-15-20-14-8-9-17-23-20/h2-14,17H,15-16H2,1H3,(H,24,25). The lowest BCUT2D eigenvalue weighted by atomic mass is 9.84. The number of benzene rings is 2. The Morgan fingerprint density at radius 1 is 0.880 bits per heavy atom. The highest BCUT2D eigenvalue weighted by atomic mass is 16.1. The average Bonchev–Trinajstić information content (AvgIpc) is 2.68. The lowest BCUT2D eigenvalue weighted by molar-refractivity contribution is -0.122. The monoisotopic (exact) mass is 330 g/mol. The van der Waals surface area contributed by atoms with Crippen LogP contribution in [0.1, 0.15) is 30.2 Å². The van der Waals surface area contributed by atoms with E-state index in [9.17, 15) is 4.79 Å². The molecule has 0 aliphatic heterocycles. The van der Waals surface area contributed by atoms with Gasteiger partial charge in [0.15, 0.2) is 0 Å². The van der Waals surface area contributed by atoms with Gasteiger partial charge in [0.1, 0.15) is 0 Å². The molecule has 1 aromatic heterocycles. The lowest BCUT2D eigenvalue weighted by Crippen LogP contribution is -2.44. The summed E-state index contributed by atoms with van der Waals surface area (Å²) in [4.78, 5) is 16.9. The maximum absolute atomic E-state index is 12.6. The van der Waals surface area contributed by atoms with Crippen molar-refractivity contribution in [2.24, 2.45) is 0 Å². The Bertz CT molecular complexity index is 762. The number of nitrogens with one attached hydrogen (secondary N) is 1. The molecule has 0 aliphatic carbocycles. The third-order valence-corrected chi connectivity index (χ3v) is 4.43. The van der Waals surface area contributed by atoms with Crippen LogP contribution >= 0.6 is 0 Å². The van der Waals surface area contributed by atoms with Crippen molar-refractivity contribution in [3.05, 3.63) is 102 Å². The second-order valence-electron chi connectivity index (χ2n) is 6.23. The van der Waals surface area contributed by atoms with Gasteiger partial charge in [0.05, 0.1) is 5.54 Å². The van der Waals surface area contributed by atoms with Crippen molar-refractivity contribution >= 4 is 5.91 Å². The van der Waals surface area contributed by atoms with Crippen molar-refractivity contribution in [2.75, 3.05) is 0 Å². The van der Waals surface area contributed by atoms with Gasteiger partial charge in [-0.1, -0.05) is 66.7 Å². The summed E-state index contributed by atoms with van der Waals surface area (Å²) in [6.07, 6.45) is 2.80. The Morgan fingerprint density at radius 2 is 1.44 bits per heavy atom. The molecule has 0 saturated carbocycles. The van der Waals surface area contributed by atoms with Crippen LogP contribution in [-0.2, 0) is 16.8 Å². The summed E-state index contributed by atoms with van der Waals surface area (Å²) in [5, 5.41) is 3.23. The van der Waals surface area contributed by atoms with Gasteiger partial charge in [-0.25, -0.2) is 0 Å². The normalized spacial score (nSPS) is 11.1. The van der Waals surface area contributed by atoms with E-state index < -0.39 is 5.54 Å². The first kappa shape index (κ1) is 16.9. The number of pyridine rings is 1. The molecular weight excluding hydrogens is 308 g/mol. The van der Waals surface area contributed by atoms with Gasteiger partial charge in [-0.2, -0.15) is 0 Å². The summed E-state index contributed by atoms with van der Waals surface area (Å²) in [5.41, 5.74) is 2.49. The number of rotatable bonds is 6. The van der Waals surface area contributed by atoms with Crippen LogP contribution in [0.5, 0.6) is 0 Å². The molecular formula is C22H22N2O. The van der Waals surface area contributed by atoms with E-state index in [1.54, 1.807) is 6.20 Å². The van der Waals surface area contributed by atoms with Gasteiger partial charge in [-0.3, -0.25) is 9.78 Å². The average molecular weight is 330 g/mol. The fraction of sp³-hybridized carbons (Fsp3) is 0.182. The number of amides is 1. The van der Waals surface area contributed by atoms with E-state index in [-0.39, 0.29) is 5.91 Å². The van der Waals surface area contributed by atoms with Crippen molar-refractivity contribution in [1.82, 2.24) is 10.3 Å². The molecule has 0 radical (unpaired) electrons. The Kier molecular flexibility index (Phi) is 5.24. The van der Waals surface area contributed by atoms with Gasteiger partial charge in [-0.05, 0) is 36.6 Å². The minimum atomic E-state index is -0.566. The van der Waals surface area contributed by atoms with Crippen LogP contribution in [0, 0.1) is 0 Å². The second-order valence-corrected chi connectivity index (χ2v) is 6.23. The largest absolute Gasteiger partial charge is 0.343 e. The maximum atomic E-state index is 12.6. The third-order valence-electron chi connectivity index (χ3n) is 4.43. The van der Waals surface area contributed by atoms with Gasteiger partial charge in [0, 0.05) is 18.3 Å². The number of carbonyl (C=O) groups is 1. The van der Waals surface area contributed by atoms with Crippen LogP contribution < -0.4 is 5.32 Å². The molecule has 0 saturated heterocycles. The molecule has 0 atom stereocenters. The van der Waals surface area contributed by atoms with E-state index in [1.807, 2.05) is 78.9 Å². The summed E-state index contributed by atoms with van der Waals surface area (Å²) >= 11 is 0. The fourth-order valence-corrected chi connectivity index (χ4v) is 2.98. The van der Waals surface area contributed by atoms with E-state index in [0.29, 0.717) is 12.8 Å². The molecule has 3 heteroatoms. The van der Waals surface area contributed by atoms with Crippen LogP contribution in [0.4, 0.5) is 0 Å². The van der Waals surface area contributed by atoms with Crippen LogP contribution in [0.3, 0.4) is 0 Å². The van der Waals surface area contributed by atoms with Crippen LogP contribution in [-0.4, -0.2) is 10.9 Å². The zero-order chi connectivity index (χ0) is 17.5. The highest BCUT2D eigenvalue weighted by Crippen LogP contribution is 2.29. The molecule has 3 aromatic rings. The van der Waals surface area contributed by atoms with Gasteiger partial charge in [0.25, 0.3) is 0 Å². The first-order valence-electron chi connectivity index (χ1n) is 8.50. The highest BCUT2D eigenvalue weighted by molar-refractivity contribution is 5.78. The van der Waals surface area contributed by atoms with E-state index in [0.717, 1.165) is 16.8 Å². The SMILES string of the molecule is CC(NC(=O)CCc1ccccn1)(c1ccccc1)c1ccccc1. The van der Waals surface area contributed by atoms with Crippen LogP contribution in [0.25, 0.3) is 0 Å². The fourth-order valence-electron chi connectivity index (χ4n) is 2.98. The Hall–Kier alpha value is -2.94. The zero-order valence-electron chi connectivity index (χ0n) is 14.4. The molecule has 1 heterocycles. The topological polar surface area (TPSA) is 42.0 Å². The predicted molar refractivity (Wildman–Crippen MR) is 100 cm³/mol. The number of carbonyl (C=O) groups excluding carboxylic acids is 1. The summed E-state index contributed by atoms with van der Waals surface area (Å²) in [7, 11) is 0. The number of nitrogens with zero attached hydrogens (tertiary/aromatic N) is 1. The van der Waals surface area contributed by atoms with Crippen molar-refractivity contribution in [3.63, 3.8) is 0 Å². The minimum absolute atomic E-state index is 0.0147. The van der Waals surface area contributed by atoms with Gasteiger partial charge >= 0.3 is 0 Å². The van der Waals surface area contributed by atoms with Crippen molar-refractivity contribution in [3.8, 4) is 0 Å². The van der Waals surface area contributed by atoms with E-state index in [4.69, 9.17) is 0 Å². The van der Waals surface area contributed by atoms with E-state index in [1.165, 1.54) is 0 Å². The number of hydrogen-bond acceptors (Lipinski definition) is 2. The lowest BCUT2D eigenvalue weighted by Gasteiger charge is -2.32. The molecule has 126 valence electrons. The van der Waals surface area contributed by atoms with Gasteiger partial charge in [0.2, 0.25) is 5.91 Å². The van der Waals surface area contributed by atoms with E-state index in [2.05, 4.69) is 17.2 Å². The van der Waals surface area contributed by atoms with Crippen LogP contribution in [0.2, 0.25) is 0 Å². The Labute approximate surface area is 148 Å². The molecule has 0 unspecified atom stereocenters. The molecule has 0 spiro atoms. The molecule has 3 rings (SSSR count). The summed E-state index contributed by atoms with van der Waals surface area (Å²) in [6, 6.07) is 25.9. The smallest absolute Gasteiger partial charge is 0.221 e. The molecule has 25 heavy (non-hydrogen) atoms. The third kappa shape index (κ3) is 4.13. The highest BCUT2D eigenvalue weighted by Gasteiger charge is 2.30. The zero-order valence-corrected chi connectivity index (χ0v) is 14.4. The molecule has 0 bridgehead atoms. The van der Waals surface area contributed by atoms with Gasteiger partial charge in [-0.15, -0.1) is 0 Å². The second kappa shape index (κ2) is 7.75. The maximum Gasteiger partial charge on any atom is 0.221 e. The molecule has 2 aromatic carbocycles. The molecule has 1 N–H and O–H groups in total. The minimum Gasteiger partial charge on any atom is -0.343 e. The van der Waals surface area contributed by atoms with Crippen LogP contribution in [0.15, 0.2) is 85.1 Å². The van der Waals surface area contributed by atoms with Gasteiger partial charge < -0.3 is 5.32 Å². The van der Waals surface area contributed by atoms with Crippen molar-refractivity contribution in [2.45, 2.75) is 25.3 Å². The number of aromatic nitrogens is 1. The molecule has 0 fully saturated rings. The summed E-state index contributed by atoms with van der Waals surface area (Å²) in [6.45, 7) is 2.05. The molecule has 0 aliphatic rings. The Balaban J connectivity index is 1.80. The summed E-state index contributed by atoms with van der Waals surface area (Å²) < 4.78 is 0. The molecule has 3 nitrogen and oxygen atoms in total. The quantitative estimate of drug-likeness (QED) is 0.739. The van der Waals surface area contributed by atoms with E-state index >= 15 is 0 Å². The van der Waals surface area contributed by atoms with Crippen molar-refractivity contribution in [1.29, 1.82) is 0 Å². The number of aryl methyl sites for hydroxylation is 1. The molecule has 1 amide bonds. The number of hydrogen-bond donors (Lipinski definition) is 1. The Morgan fingerprint density at radius 3 is 1.96 bits per heavy atom. The first-order chi connectivity index (χ1) is 12.2. The first-order valence-corrected chi connectivity index (χ1v) is 8.50. The van der Waals surface area contributed by atoms with Crippen molar-refractivity contribution < 1.29 is 4.79 Å². The summed E-state index contributed by atoms with van der Waals surface area (Å²) in [5.74, 6) is 0.0147.